The summed E-state index contributed by atoms with van der Waals surface area (Å²) in [5.74, 6) is -1.38. The Kier molecular flexibility index (Phi) is 2.63. The molecule has 1 saturated carbocycles. The molecule has 1 fully saturated rings. The van der Waals surface area contributed by atoms with Gasteiger partial charge >= 0.3 is 0 Å². The predicted octanol–water partition coefficient (Wildman–Crippen LogP) is 1.07. The summed E-state index contributed by atoms with van der Waals surface area (Å²) in [7, 11) is 0. The SMILES string of the molecule is NC1(C(=O)NCc2cc(F)ccc2F)CC1. The zero-order valence-corrected chi connectivity index (χ0v) is 8.59. The van der Waals surface area contributed by atoms with Crippen LogP contribution < -0.4 is 11.1 Å². The van der Waals surface area contributed by atoms with Crippen LogP contribution in [0.15, 0.2) is 18.2 Å². The lowest BCUT2D eigenvalue weighted by molar-refractivity contribution is -0.123. The van der Waals surface area contributed by atoms with Gasteiger partial charge in [-0.05, 0) is 31.0 Å². The topological polar surface area (TPSA) is 55.1 Å². The van der Waals surface area contributed by atoms with Crippen LogP contribution in [-0.2, 0) is 11.3 Å². The van der Waals surface area contributed by atoms with Gasteiger partial charge < -0.3 is 11.1 Å². The van der Waals surface area contributed by atoms with E-state index in [1.165, 1.54) is 0 Å². The second-order valence-electron chi connectivity index (χ2n) is 4.07. The lowest BCUT2D eigenvalue weighted by atomic mass is 10.2. The highest BCUT2D eigenvalue weighted by Crippen LogP contribution is 2.32. The molecule has 0 saturated heterocycles. The molecule has 0 atom stereocenters. The van der Waals surface area contributed by atoms with Crippen LogP contribution >= 0.6 is 0 Å². The van der Waals surface area contributed by atoms with E-state index in [2.05, 4.69) is 5.32 Å². The summed E-state index contributed by atoms with van der Waals surface area (Å²) in [6.07, 6.45) is 1.29. The van der Waals surface area contributed by atoms with Crippen molar-refractivity contribution in [2.75, 3.05) is 0 Å². The highest BCUT2D eigenvalue weighted by Gasteiger charge is 2.45. The molecule has 5 heteroatoms. The molecule has 0 heterocycles. The second-order valence-corrected chi connectivity index (χ2v) is 4.07. The van der Waals surface area contributed by atoms with Crippen molar-refractivity contribution in [3.63, 3.8) is 0 Å². The highest BCUT2D eigenvalue weighted by atomic mass is 19.1. The maximum atomic E-state index is 13.2. The Morgan fingerprint density at radius 1 is 1.44 bits per heavy atom. The smallest absolute Gasteiger partial charge is 0.240 e. The summed E-state index contributed by atoms with van der Waals surface area (Å²) in [6, 6.07) is 3.13. The number of nitrogens with one attached hydrogen (secondary N) is 1. The number of hydrogen-bond acceptors (Lipinski definition) is 2. The fraction of sp³-hybridized carbons (Fsp3) is 0.364. The first-order chi connectivity index (χ1) is 7.51. The number of amides is 1. The molecule has 2 rings (SSSR count). The van der Waals surface area contributed by atoms with Crippen molar-refractivity contribution in [3.8, 4) is 0 Å². The molecule has 0 radical (unpaired) electrons. The maximum Gasteiger partial charge on any atom is 0.240 e. The van der Waals surface area contributed by atoms with E-state index in [4.69, 9.17) is 5.73 Å². The average molecular weight is 226 g/mol. The maximum absolute atomic E-state index is 13.2. The van der Waals surface area contributed by atoms with Gasteiger partial charge in [-0.15, -0.1) is 0 Å². The van der Waals surface area contributed by atoms with Crippen LogP contribution in [0, 0.1) is 11.6 Å². The van der Waals surface area contributed by atoms with E-state index in [1.807, 2.05) is 0 Å². The van der Waals surface area contributed by atoms with E-state index in [1.54, 1.807) is 0 Å². The molecule has 0 bridgehead atoms. The van der Waals surface area contributed by atoms with Crippen molar-refractivity contribution in [1.82, 2.24) is 5.32 Å². The molecule has 1 amide bonds. The lowest BCUT2D eigenvalue weighted by Gasteiger charge is -2.10. The number of nitrogens with two attached hydrogens (primary N) is 1. The predicted molar refractivity (Wildman–Crippen MR) is 54.4 cm³/mol. The number of benzene rings is 1. The summed E-state index contributed by atoms with van der Waals surface area (Å²) in [5.41, 5.74) is 4.98. The summed E-state index contributed by atoms with van der Waals surface area (Å²) < 4.78 is 26.0. The highest BCUT2D eigenvalue weighted by molar-refractivity contribution is 5.88. The minimum absolute atomic E-state index is 0.0403. The molecule has 16 heavy (non-hydrogen) atoms. The number of carbonyl (C=O) groups is 1. The van der Waals surface area contributed by atoms with Crippen molar-refractivity contribution in [2.45, 2.75) is 24.9 Å². The zero-order chi connectivity index (χ0) is 11.8. The fourth-order valence-electron chi connectivity index (χ4n) is 1.39. The number of halogens is 2. The van der Waals surface area contributed by atoms with Crippen LogP contribution in [0.5, 0.6) is 0 Å². The first-order valence-electron chi connectivity index (χ1n) is 5.02. The molecular weight excluding hydrogens is 214 g/mol. The van der Waals surface area contributed by atoms with Crippen LogP contribution in [0.1, 0.15) is 18.4 Å². The van der Waals surface area contributed by atoms with Crippen LogP contribution in [0.25, 0.3) is 0 Å². The van der Waals surface area contributed by atoms with Gasteiger partial charge in [0.15, 0.2) is 0 Å². The molecule has 0 unspecified atom stereocenters. The first-order valence-corrected chi connectivity index (χ1v) is 5.02. The van der Waals surface area contributed by atoms with Gasteiger partial charge in [-0.25, -0.2) is 8.78 Å². The average Bonchev–Trinajstić information content (AvgIpc) is 2.99. The molecule has 1 aliphatic carbocycles. The van der Waals surface area contributed by atoms with Gasteiger partial charge in [0.2, 0.25) is 5.91 Å². The van der Waals surface area contributed by atoms with Gasteiger partial charge in [-0.3, -0.25) is 4.79 Å². The summed E-state index contributed by atoms with van der Waals surface area (Å²) in [6.45, 7) is -0.0403. The lowest BCUT2D eigenvalue weighted by Crippen LogP contribution is -2.42. The third-order valence-electron chi connectivity index (χ3n) is 2.69. The Bertz CT molecular complexity index is 430. The first kappa shape index (κ1) is 11.0. The van der Waals surface area contributed by atoms with Crippen molar-refractivity contribution >= 4 is 5.91 Å². The second kappa shape index (κ2) is 3.83. The molecule has 1 aromatic carbocycles. The molecule has 0 spiro atoms. The van der Waals surface area contributed by atoms with Crippen molar-refractivity contribution in [2.24, 2.45) is 5.73 Å². The largest absolute Gasteiger partial charge is 0.350 e. The summed E-state index contributed by atoms with van der Waals surface area (Å²) >= 11 is 0. The molecule has 3 N–H and O–H groups in total. The summed E-state index contributed by atoms with van der Waals surface area (Å²) in [5, 5.41) is 2.50. The van der Waals surface area contributed by atoms with E-state index < -0.39 is 17.2 Å². The fourth-order valence-corrected chi connectivity index (χ4v) is 1.39. The van der Waals surface area contributed by atoms with E-state index in [0.717, 1.165) is 18.2 Å². The summed E-state index contributed by atoms with van der Waals surface area (Å²) in [4.78, 5) is 11.4. The molecule has 86 valence electrons. The minimum Gasteiger partial charge on any atom is -0.350 e. The van der Waals surface area contributed by atoms with Crippen molar-refractivity contribution in [1.29, 1.82) is 0 Å². The Hall–Kier alpha value is -1.49. The van der Waals surface area contributed by atoms with Crippen LogP contribution in [0.4, 0.5) is 8.78 Å². The van der Waals surface area contributed by atoms with E-state index in [-0.39, 0.29) is 18.0 Å². The standard InChI is InChI=1S/C11H12F2N2O/c12-8-1-2-9(13)7(5-8)6-15-10(16)11(14)3-4-11/h1-2,5H,3-4,6,14H2,(H,15,16). The van der Waals surface area contributed by atoms with Crippen LogP contribution in [0.2, 0.25) is 0 Å². The molecule has 0 aliphatic heterocycles. The Balaban J connectivity index is 1.99. The normalized spacial score (nSPS) is 16.9. The van der Waals surface area contributed by atoms with Gasteiger partial charge in [0.1, 0.15) is 11.6 Å². The zero-order valence-electron chi connectivity index (χ0n) is 8.59. The van der Waals surface area contributed by atoms with E-state index in [9.17, 15) is 13.6 Å². The van der Waals surface area contributed by atoms with Gasteiger partial charge in [-0.2, -0.15) is 0 Å². The monoisotopic (exact) mass is 226 g/mol. The molecule has 3 nitrogen and oxygen atoms in total. The van der Waals surface area contributed by atoms with E-state index >= 15 is 0 Å². The Morgan fingerprint density at radius 2 is 2.12 bits per heavy atom. The molecular formula is C11H12F2N2O. The third kappa shape index (κ3) is 2.19. The number of hydrogen-bond donors (Lipinski definition) is 2. The Labute approximate surface area is 91.6 Å². The molecule has 0 aromatic heterocycles. The van der Waals surface area contributed by atoms with Gasteiger partial charge in [-0.1, -0.05) is 0 Å². The van der Waals surface area contributed by atoms with Crippen molar-refractivity contribution in [3.05, 3.63) is 35.4 Å². The van der Waals surface area contributed by atoms with Crippen LogP contribution in [0.3, 0.4) is 0 Å². The Morgan fingerprint density at radius 3 is 2.75 bits per heavy atom. The van der Waals surface area contributed by atoms with Gasteiger partial charge in [0.05, 0.1) is 5.54 Å². The van der Waals surface area contributed by atoms with Gasteiger partial charge in [0.25, 0.3) is 0 Å². The molecule has 1 aliphatic rings. The quantitative estimate of drug-likeness (QED) is 0.810. The third-order valence-corrected chi connectivity index (χ3v) is 2.69. The minimum atomic E-state index is -0.788. The molecule has 1 aromatic rings. The van der Waals surface area contributed by atoms with Crippen LogP contribution in [-0.4, -0.2) is 11.4 Å². The number of carbonyl (C=O) groups excluding carboxylic acids is 1. The van der Waals surface area contributed by atoms with Crippen molar-refractivity contribution < 1.29 is 13.6 Å². The number of rotatable bonds is 3. The van der Waals surface area contributed by atoms with E-state index in [0.29, 0.717) is 12.8 Å². The van der Waals surface area contributed by atoms with Gasteiger partial charge in [0, 0.05) is 12.1 Å².